The van der Waals surface area contributed by atoms with Gasteiger partial charge in [0, 0.05) is 18.3 Å². The largest absolute Gasteiger partial charge is 0.457 e. The second-order valence-electron chi connectivity index (χ2n) is 6.20. The third-order valence-corrected chi connectivity index (χ3v) is 4.14. The minimum atomic E-state index is -0.659. The van der Waals surface area contributed by atoms with Crippen LogP contribution in [0.15, 0.2) is 54.9 Å². The number of carbonyl (C=O) groups excluding carboxylic acids is 1. The van der Waals surface area contributed by atoms with Crippen molar-refractivity contribution in [2.75, 3.05) is 5.32 Å². The number of ether oxygens (including phenoxy) is 1. The SMILES string of the molecule is Cc1cccc(Oc2cc(NC(=O)C(C)n3cc(Cl)cn3)cc([N+](=O)[O-])c2)c1. The molecular weight excluding hydrogens is 384 g/mol. The van der Waals surface area contributed by atoms with Gasteiger partial charge in [-0.25, -0.2) is 0 Å². The molecule has 0 saturated heterocycles. The third-order valence-electron chi connectivity index (χ3n) is 3.94. The van der Waals surface area contributed by atoms with Gasteiger partial charge in [-0.3, -0.25) is 19.6 Å². The van der Waals surface area contributed by atoms with Gasteiger partial charge in [0.25, 0.3) is 5.69 Å². The molecule has 0 aliphatic carbocycles. The van der Waals surface area contributed by atoms with Crippen LogP contribution in [0.4, 0.5) is 11.4 Å². The molecule has 1 amide bonds. The zero-order valence-electron chi connectivity index (χ0n) is 15.1. The van der Waals surface area contributed by atoms with Gasteiger partial charge >= 0.3 is 0 Å². The number of non-ortho nitro benzene ring substituents is 1. The summed E-state index contributed by atoms with van der Waals surface area (Å²) in [5, 5.41) is 18.3. The lowest BCUT2D eigenvalue weighted by molar-refractivity contribution is -0.384. The second-order valence-corrected chi connectivity index (χ2v) is 6.63. The summed E-state index contributed by atoms with van der Waals surface area (Å²) in [5.41, 5.74) is 1.03. The lowest BCUT2D eigenvalue weighted by atomic mass is 10.2. The van der Waals surface area contributed by atoms with Crippen molar-refractivity contribution in [3.05, 3.63) is 75.6 Å². The van der Waals surface area contributed by atoms with Gasteiger partial charge in [-0.15, -0.1) is 0 Å². The lowest BCUT2D eigenvalue weighted by Crippen LogP contribution is -2.24. The van der Waals surface area contributed by atoms with E-state index in [-0.39, 0.29) is 17.1 Å². The van der Waals surface area contributed by atoms with Crippen molar-refractivity contribution < 1.29 is 14.5 Å². The van der Waals surface area contributed by atoms with Gasteiger partial charge in [0.15, 0.2) is 0 Å². The summed E-state index contributed by atoms with van der Waals surface area (Å²) in [6, 6.07) is 10.7. The Kier molecular flexibility index (Phi) is 5.60. The highest BCUT2D eigenvalue weighted by atomic mass is 35.5. The number of anilines is 1. The average molecular weight is 401 g/mol. The van der Waals surface area contributed by atoms with Gasteiger partial charge in [0.2, 0.25) is 5.91 Å². The number of carbonyl (C=O) groups is 1. The van der Waals surface area contributed by atoms with E-state index in [9.17, 15) is 14.9 Å². The molecule has 0 saturated carbocycles. The quantitative estimate of drug-likeness (QED) is 0.475. The minimum Gasteiger partial charge on any atom is -0.457 e. The van der Waals surface area contributed by atoms with Gasteiger partial charge in [-0.05, 0) is 31.5 Å². The maximum absolute atomic E-state index is 12.5. The number of halogens is 1. The Bertz CT molecular complexity index is 1030. The van der Waals surface area contributed by atoms with Crippen molar-refractivity contribution in [2.24, 2.45) is 0 Å². The van der Waals surface area contributed by atoms with Crippen LogP contribution in [0.25, 0.3) is 0 Å². The summed E-state index contributed by atoms with van der Waals surface area (Å²) in [5.74, 6) is 0.379. The maximum Gasteiger partial charge on any atom is 0.275 e. The van der Waals surface area contributed by atoms with Crippen LogP contribution >= 0.6 is 11.6 Å². The molecule has 0 aliphatic heterocycles. The highest BCUT2D eigenvalue weighted by molar-refractivity contribution is 6.30. The van der Waals surface area contributed by atoms with E-state index in [4.69, 9.17) is 16.3 Å². The molecule has 2 aromatic carbocycles. The highest BCUT2D eigenvalue weighted by Crippen LogP contribution is 2.30. The van der Waals surface area contributed by atoms with E-state index in [1.54, 1.807) is 19.1 Å². The third kappa shape index (κ3) is 4.66. The molecule has 3 aromatic rings. The number of hydrogen-bond acceptors (Lipinski definition) is 5. The van der Waals surface area contributed by atoms with Crippen LogP contribution in [-0.4, -0.2) is 20.6 Å². The first-order valence-electron chi connectivity index (χ1n) is 8.36. The van der Waals surface area contributed by atoms with E-state index in [0.29, 0.717) is 10.8 Å². The summed E-state index contributed by atoms with van der Waals surface area (Å²) in [6.07, 6.45) is 2.94. The van der Waals surface area contributed by atoms with Gasteiger partial charge in [-0.1, -0.05) is 23.7 Å². The first-order valence-corrected chi connectivity index (χ1v) is 8.74. The number of aryl methyl sites for hydroxylation is 1. The number of hydrogen-bond donors (Lipinski definition) is 1. The Balaban J connectivity index is 1.84. The summed E-state index contributed by atoms with van der Waals surface area (Å²) in [6.45, 7) is 3.55. The molecule has 0 aliphatic rings. The molecule has 0 bridgehead atoms. The molecule has 1 atom stereocenters. The molecule has 0 fully saturated rings. The van der Waals surface area contributed by atoms with Gasteiger partial charge in [0.1, 0.15) is 17.5 Å². The smallest absolute Gasteiger partial charge is 0.275 e. The Morgan fingerprint density at radius 3 is 2.71 bits per heavy atom. The van der Waals surface area contributed by atoms with E-state index in [1.165, 1.54) is 35.3 Å². The topological polar surface area (TPSA) is 99.3 Å². The van der Waals surface area contributed by atoms with Crippen LogP contribution in [0.5, 0.6) is 11.5 Å². The molecule has 144 valence electrons. The summed E-state index contributed by atoms with van der Waals surface area (Å²) in [7, 11) is 0. The Morgan fingerprint density at radius 2 is 2.07 bits per heavy atom. The van der Waals surface area contributed by atoms with Crippen molar-refractivity contribution in [3.8, 4) is 11.5 Å². The number of aromatic nitrogens is 2. The van der Waals surface area contributed by atoms with Crippen LogP contribution in [0.1, 0.15) is 18.5 Å². The molecule has 0 radical (unpaired) electrons. The van der Waals surface area contributed by atoms with Gasteiger partial charge in [0.05, 0.1) is 27.9 Å². The zero-order chi connectivity index (χ0) is 20.3. The molecule has 3 rings (SSSR count). The molecule has 28 heavy (non-hydrogen) atoms. The molecular formula is C19H17ClN4O4. The van der Waals surface area contributed by atoms with Crippen molar-refractivity contribution in [1.29, 1.82) is 0 Å². The van der Waals surface area contributed by atoms with Gasteiger partial charge in [-0.2, -0.15) is 5.10 Å². The normalized spacial score (nSPS) is 11.7. The molecule has 1 N–H and O–H groups in total. The Hall–Kier alpha value is -3.39. The van der Waals surface area contributed by atoms with Crippen molar-refractivity contribution in [2.45, 2.75) is 19.9 Å². The highest BCUT2D eigenvalue weighted by Gasteiger charge is 2.18. The molecule has 1 aromatic heterocycles. The summed E-state index contributed by atoms with van der Waals surface area (Å²) >= 11 is 5.83. The number of amides is 1. The maximum atomic E-state index is 12.5. The molecule has 0 spiro atoms. The van der Waals surface area contributed by atoms with E-state index >= 15 is 0 Å². The summed E-state index contributed by atoms with van der Waals surface area (Å²) < 4.78 is 7.13. The lowest BCUT2D eigenvalue weighted by Gasteiger charge is -2.14. The molecule has 1 unspecified atom stereocenters. The summed E-state index contributed by atoms with van der Waals surface area (Å²) in [4.78, 5) is 23.2. The first-order chi connectivity index (χ1) is 13.3. The van der Waals surface area contributed by atoms with Gasteiger partial charge < -0.3 is 10.1 Å². The fourth-order valence-electron chi connectivity index (χ4n) is 2.53. The van der Waals surface area contributed by atoms with E-state index in [2.05, 4.69) is 10.4 Å². The Morgan fingerprint density at radius 1 is 1.29 bits per heavy atom. The number of nitrogens with zero attached hydrogens (tertiary/aromatic N) is 3. The molecule has 8 nitrogen and oxygen atoms in total. The Labute approximate surface area is 165 Å². The minimum absolute atomic E-state index is 0.199. The average Bonchev–Trinajstić information content (AvgIpc) is 3.07. The van der Waals surface area contributed by atoms with Crippen molar-refractivity contribution in [3.63, 3.8) is 0 Å². The van der Waals surface area contributed by atoms with E-state index in [1.807, 2.05) is 19.1 Å². The van der Waals surface area contributed by atoms with E-state index in [0.717, 1.165) is 5.56 Å². The zero-order valence-corrected chi connectivity index (χ0v) is 15.9. The number of nitro groups is 1. The molecule has 1 heterocycles. The van der Waals surface area contributed by atoms with Crippen molar-refractivity contribution >= 4 is 28.9 Å². The fourth-order valence-corrected chi connectivity index (χ4v) is 2.67. The number of nitrogens with one attached hydrogen (secondary N) is 1. The molecule has 9 heteroatoms. The number of rotatable bonds is 6. The second kappa shape index (κ2) is 8.10. The van der Waals surface area contributed by atoms with E-state index < -0.39 is 16.9 Å². The van der Waals surface area contributed by atoms with Crippen LogP contribution < -0.4 is 10.1 Å². The van der Waals surface area contributed by atoms with Crippen molar-refractivity contribution in [1.82, 2.24) is 9.78 Å². The fraction of sp³-hybridized carbons (Fsp3) is 0.158. The van der Waals surface area contributed by atoms with Crippen LogP contribution in [0.2, 0.25) is 5.02 Å². The first kappa shape index (κ1) is 19.4. The number of nitro benzene ring substituents is 1. The number of benzene rings is 2. The predicted octanol–water partition coefficient (Wildman–Crippen LogP) is 4.75. The van der Waals surface area contributed by atoms with Crippen LogP contribution in [0.3, 0.4) is 0 Å². The standard InChI is InChI=1S/C19H17ClN4O4/c1-12-4-3-5-17(6-12)28-18-8-15(7-16(9-18)24(26)27)22-19(25)13(2)23-11-14(20)10-21-23/h3-11,13H,1-2H3,(H,22,25). The monoisotopic (exact) mass is 400 g/mol. The van der Waals surface area contributed by atoms with Crippen LogP contribution in [-0.2, 0) is 4.79 Å². The van der Waals surface area contributed by atoms with Crippen LogP contribution in [0, 0.1) is 17.0 Å². The predicted molar refractivity (Wildman–Crippen MR) is 105 cm³/mol.